The number of hydrogen-bond donors (Lipinski definition) is 2. The van der Waals surface area contributed by atoms with Crippen molar-refractivity contribution in [2.24, 2.45) is 0 Å². The molecule has 0 aliphatic carbocycles. The molecule has 0 aliphatic rings. The summed E-state index contributed by atoms with van der Waals surface area (Å²) < 4.78 is 17.7. The smallest absolute Gasteiger partial charge is 0.408 e. The van der Waals surface area contributed by atoms with E-state index in [9.17, 15) is 14.0 Å². The average molecular weight is 314 g/mol. The van der Waals surface area contributed by atoms with Gasteiger partial charge < -0.3 is 9.73 Å². The second-order valence-electron chi connectivity index (χ2n) is 5.25. The number of carbonyl (C=O) groups is 1. The molecule has 0 unspecified atom stereocenters. The van der Waals surface area contributed by atoms with Gasteiger partial charge in [-0.1, -0.05) is 18.2 Å². The predicted molar refractivity (Wildman–Crippen MR) is 83.4 cm³/mol. The highest BCUT2D eigenvalue weighted by molar-refractivity contribution is 5.76. The minimum Gasteiger partial charge on any atom is -0.408 e. The number of carbonyl (C=O) groups excluding carboxylic acids is 1. The van der Waals surface area contributed by atoms with Gasteiger partial charge in [-0.2, -0.15) is 0 Å². The predicted octanol–water partition coefficient (Wildman–Crippen LogP) is 2.51. The molecule has 1 heterocycles. The lowest BCUT2D eigenvalue weighted by Gasteiger charge is -2.05. The van der Waals surface area contributed by atoms with Crippen molar-refractivity contribution in [3.05, 3.63) is 70.0 Å². The molecule has 1 aromatic heterocycles. The second kappa shape index (κ2) is 6.48. The minimum atomic E-state index is -0.500. The number of benzene rings is 2. The lowest BCUT2D eigenvalue weighted by atomic mass is 10.1. The van der Waals surface area contributed by atoms with Gasteiger partial charge in [0.05, 0.1) is 5.52 Å². The van der Waals surface area contributed by atoms with Gasteiger partial charge in [0, 0.05) is 13.0 Å². The van der Waals surface area contributed by atoms with E-state index in [0.29, 0.717) is 30.5 Å². The van der Waals surface area contributed by atoms with Crippen LogP contribution in [-0.2, 0) is 17.8 Å². The Bertz CT molecular complexity index is 881. The zero-order valence-corrected chi connectivity index (χ0v) is 12.3. The molecule has 0 spiro atoms. The molecule has 0 saturated carbocycles. The Kier molecular flexibility index (Phi) is 4.23. The minimum absolute atomic E-state index is 0.0879. The van der Waals surface area contributed by atoms with Crippen molar-refractivity contribution in [2.75, 3.05) is 0 Å². The number of H-pyrrole nitrogens is 1. The first-order valence-electron chi connectivity index (χ1n) is 7.23. The van der Waals surface area contributed by atoms with Crippen LogP contribution in [0.4, 0.5) is 4.39 Å². The highest BCUT2D eigenvalue weighted by Gasteiger charge is 2.05. The van der Waals surface area contributed by atoms with Gasteiger partial charge in [0.15, 0.2) is 5.58 Å². The Morgan fingerprint density at radius 2 is 1.87 bits per heavy atom. The van der Waals surface area contributed by atoms with Gasteiger partial charge in [0.1, 0.15) is 5.82 Å². The molecule has 1 amide bonds. The summed E-state index contributed by atoms with van der Waals surface area (Å²) >= 11 is 0. The van der Waals surface area contributed by atoms with E-state index in [1.165, 1.54) is 12.1 Å². The zero-order valence-electron chi connectivity index (χ0n) is 12.3. The molecule has 2 N–H and O–H groups in total. The van der Waals surface area contributed by atoms with Crippen molar-refractivity contribution >= 4 is 17.0 Å². The van der Waals surface area contributed by atoms with Crippen molar-refractivity contribution in [1.29, 1.82) is 0 Å². The van der Waals surface area contributed by atoms with Crippen LogP contribution in [0.25, 0.3) is 11.1 Å². The number of fused-ring (bicyclic) bond motifs is 1. The van der Waals surface area contributed by atoms with Crippen molar-refractivity contribution in [3.63, 3.8) is 0 Å². The number of aromatic nitrogens is 1. The zero-order chi connectivity index (χ0) is 16.2. The standard InChI is InChI=1S/C17H15FN2O3/c18-13-5-1-11(2-6-13)4-8-16(21)19-10-12-3-7-15-14(9-12)20-17(22)23-15/h1-3,5-7,9H,4,8,10H2,(H,19,21)(H,20,22). The van der Waals surface area contributed by atoms with Gasteiger partial charge in [-0.15, -0.1) is 0 Å². The number of hydrogen-bond acceptors (Lipinski definition) is 3. The van der Waals surface area contributed by atoms with Gasteiger partial charge in [-0.25, -0.2) is 9.18 Å². The Balaban J connectivity index is 1.53. The van der Waals surface area contributed by atoms with Crippen LogP contribution in [0, 0.1) is 5.82 Å². The molecule has 5 nitrogen and oxygen atoms in total. The van der Waals surface area contributed by atoms with E-state index in [2.05, 4.69) is 10.3 Å². The molecule has 6 heteroatoms. The first-order chi connectivity index (χ1) is 11.1. The first kappa shape index (κ1) is 15.0. The van der Waals surface area contributed by atoms with Gasteiger partial charge >= 0.3 is 5.76 Å². The maximum absolute atomic E-state index is 12.8. The van der Waals surface area contributed by atoms with Crippen LogP contribution in [0.3, 0.4) is 0 Å². The molecule has 0 radical (unpaired) electrons. The van der Waals surface area contributed by atoms with Crippen molar-refractivity contribution < 1.29 is 13.6 Å². The number of amides is 1. The number of aromatic amines is 1. The summed E-state index contributed by atoms with van der Waals surface area (Å²) in [4.78, 5) is 25.5. The van der Waals surface area contributed by atoms with E-state index in [-0.39, 0.29) is 11.7 Å². The fraction of sp³-hybridized carbons (Fsp3) is 0.176. The summed E-state index contributed by atoms with van der Waals surface area (Å²) in [6, 6.07) is 11.4. The Hall–Kier alpha value is -2.89. The Morgan fingerprint density at radius 1 is 1.13 bits per heavy atom. The molecule has 0 bridgehead atoms. The molecule has 2 aromatic carbocycles. The van der Waals surface area contributed by atoms with E-state index in [4.69, 9.17) is 4.42 Å². The molecule has 3 aromatic rings. The Labute approximate surface area is 131 Å². The molecule has 0 fully saturated rings. The summed E-state index contributed by atoms with van der Waals surface area (Å²) in [5, 5.41) is 2.82. The fourth-order valence-corrected chi connectivity index (χ4v) is 2.31. The third-order valence-corrected chi connectivity index (χ3v) is 3.53. The number of halogens is 1. The van der Waals surface area contributed by atoms with Crippen molar-refractivity contribution in [2.45, 2.75) is 19.4 Å². The van der Waals surface area contributed by atoms with Crippen LogP contribution in [0.5, 0.6) is 0 Å². The third kappa shape index (κ3) is 3.85. The van der Waals surface area contributed by atoms with E-state index >= 15 is 0 Å². The molecule has 0 atom stereocenters. The topological polar surface area (TPSA) is 75.1 Å². The summed E-state index contributed by atoms with van der Waals surface area (Å²) in [7, 11) is 0. The van der Waals surface area contributed by atoms with Crippen molar-refractivity contribution in [1.82, 2.24) is 10.3 Å². The average Bonchev–Trinajstić information content (AvgIpc) is 2.91. The maximum atomic E-state index is 12.8. The highest BCUT2D eigenvalue weighted by Crippen LogP contribution is 2.12. The van der Waals surface area contributed by atoms with Gasteiger partial charge in [0.2, 0.25) is 5.91 Å². The van der Waals surface area contributed by atoms with Gasteiger partial charge in [-0.3, -0.25) is 9.78 Å². The number of oxazole rings is 1. The second-order valence-corrected chi connectivity index (χ2v) is 5.25. The quantitative estimate of drug-likeness (QED) is 0.760. The monoisotopic (exact) mass is 314 g/mol. The summed E-state index contributed by atoms with van der Waals surface area (Å²) in [5.41, 5.74) is 2.87. The number of nitrogens with one attached hydrogen (secondary N) is 2. The van der Waals surface area contributed by atoms with Crippen LogP contribution < -0.4 is 11.1 Å². The van der Waals surface area contributed by atoms with Crippen LogP contribution in [0.1, 0.15) is 17.5 Å². The molecular weight excluding hydrogens is 299 g/mol. The van der Waals surface area contributed by atoms with E-state index in [1.807, 2.05) is 0 Å². The van der Waals surface area contributed by atoms with Crippen LogP contribution in [-0.4, -0.2) is 10.9 Å². The lowest BCUT2D eigenvalue weighted by molar-refractivity contribution is -0.121. The normalized spacial score (nSPS) is 10.8. The summed E-state index contributed by atoms with van der Waals surface area (Å²) in [5.74, 6) is -0.874. The number of aryl methyl sites for hydroxylation is 1. The van der Waals surface area contributed by atoms with Crippen LogP contribution in [0.2, 0.25) is 0 Å². The molecule has 118 valence electrons. The fourth-order valence-electron chi connectivity index (χ4n) is 2.31. The van der Waals surface area contributed by atoms with Gasteiger partial charge in [-0.05, 0) is 41.8 Å². The molecule has 23 heavy (non-hydrogen) atoms. The molecule has 0 saturated heterocycles. The largest absolute Gasteiger partial charge is 0.417 e. The van der Waals surface area contributed by atoms with E-state index in [0.717, 1.165) is 11.1 Å². The van der Waals surface area contributed by atoms with Gasteiger partial charge in [0.25, 0.3) is 0 Å². The number of rotatable bonds is 5. The van der Waals surface area contributed by atoms with E-state index < -0.39 is 5.76 Å². The molecule has 3 rings (SSSR count). The summed E-state index contributed by atoms with van der Waals surface area (Å²) in [6.45, 7) is 0.366. The first-order valence-corrected chi connectivity index (χ1v) is 7.23. The third-order valence-electron chi connectivity index (χ3n) is 3.53. The van der Waals surface area contributed by atoms with E-state index in [1.54, 1.807) is 30.3 Å². The Morgan fingerprint density at radius 3 is 2.65 bits per heavy atom. The SMILES string of the molecule is O=C(CCc1ccc(F)cc1)NCc1ccc2oc(=O)[nH]c2c1. The molecular formula is C17H15FN2O3. The molecule has 0 aliphatic heterocycles. The lowest BCUT2D eigenvalue weighted by Crippen LogP contribution is -2.22. The van der Waals surface area contributed by atoms with Crippen LogP contribution in [0.15, 0.2) is 51.7 Å². The maximum Gasteiger partial charge on any atom is 0.417 e. The van der Waals surface area contributed by atoms with Crippen molar-refractivity contribution in [3.8, 4) is 0 Å². The summed E-state index contributed by atoms with van der Waals surface area (Å²) in [6.07, 6.45) is 0.886. The highest BCUT2D eigenvalue weighted by atomic mass is 19.1. The van der Waals surface area contributed by atoms with Crippen LogP contribution >= 0.6 is 0 Å².